The third-order valence-corrected chi connectivity index (χ3v) is 2.77. The van der Waals surface area contributed by atoms with Gasteiger partial charge in [-0.1, -0.05) is 29.8 Å². The van der Waals surface area contributed by atoms with Gasteiger partial charge in [0.05, 0.1) is 11.3 Å². The minimum absolute atomic E-state index is 0.593. The molecule has 2 aromatic rings. The Balaban J connectivity index is 2.50. The monoisotopic (exact) mass is 237 g/mol. The lowest BCUT2D eigenvalue weighted by Crippen LogP contribution is -2.12. The van der Waals surface area contributed by atoms with Crippen molar-refractivity contribution in [3.63, 3.8) is 0 Å². The van der Waals surface area contributed by atoms with Crippen molar-refractivity contribution in [2.45, 2.75) is 6.92 Å². The Bertz CT molecular complexity index is 592. The first-order chi connectivity index (χ1) is 8.61. The predicted octanol–water partition coefficient (Wildman–Crippen LogP) is 2.99. The van der Waals surface area contributed by atoms with E-state index >= 15 is 0 Å². The van der Waals surface area contributed by atoms with Gasteiger partial charge in [0.2, 0.25) is 0 Å². The van der Waals surface area contributed by atoms with Gasteiger partial charge in [-0.2, -0.15) is 5.26 Å². The number of anilines is 1. The van der Waals surface area contributed by atoms with Crippen LogP contribution >= 0.6 is 0 Å². The Morgan fingerprint density at radius 3 is 2.28 bits per heavy atom. The molecule has 0 aliphatic carbocycles. The number of hydrogen-bond acceptors (Lipinski definition) is 3. The van der Waals surface area contributed by atoms with Crippen molar-refractivity contribution in [1.29, 1.82) is 5.26 Å². The number of aromatic nitrogens is 1. The van der Waals surface area contributed by atoms with Crippen LogP contribution in [0.5, 0.6) is 0 Å². The maximum absolute atomic E-state index is 9.05. The Labute approximate surface area is 107 Å². The highest BCUT2D eigenvalue weighted by Gasteiger charge is 2.08. The molecule has 3 nitrogen and oxygen atoms in total. The molecule has 0 aliphatic heterocycles. The van der Waals surface area contributed by atoms with Crippen LogP contribution in [0.2, 0.25) is 0 Å². The van der Waals surface area contributed by atoms with E-state index in [9.17, 15) is 0 Å². The van der Waals surface area contributed by atoms with E-state index in [4.69, 9.17) is 5.26 Å². The Hall–Kier alpha value is -2.34. The summed E-state index contributed by atoms with van der Waals surface area (Å²) in [6.45, 7) is 2.06. The second-order valence-corrected chi connectivity index (χ2v) is 4.44. The van der Waals surface area contributed by atoms with Crippen LogP contribution in [0.3, 0.4) is 0 Å². The van der Waals surface area contributed by atoms with Gasteiger partial charge in [0.25, 0.3) is 0 Å². The van der Waals surface area contributed by atoms with Crippen LogP contribution in [0.25, 0.3) is 11.3 Å². The van der Waals surface area contributed by atoms with Crippen LogP contribution in [0, 0.1) is 18.3 Å². The summed E-state index contributed by atoms with van der Waals surface area (Å²) in [5, 5.41) is 9.05. The van der Waals surface area contributed by atoms with Crippen molar-refractivity contribution in [1.82, 2.24) is 4.98 Å². The highest BCUT2D eigenvalue weighted by molar-refractivity contribution is 5.65. The smallest absolute Gasteiger partial charge is 0.146 e. The van der Waals surface area contributed by atoms with E-state index in [1.807, 2.05) is 43.3 Å². The molecule has 0 radical (unpaired) electrons. The number of nitrogens with zero attached hydrogens (tertiary/aromatic N) is 3. The lowest BCUT2D eigenvalue weighted by molar-refractivity contribution is 1.06. The van der Waals surface area contributed by atoms with Gasteiger partial charge in [-0.15, -0.1) is 0 Å². The van der Waals surface area contributed by atoms with Crippen molar-refractivity contribution in [2.24, 2.45) is 0 Å². The van der Waals surface area contributed by atoms with E-state index in [0.717, 1.165) is 11.3 Å². The topological polar surface area (TPSA) is 39.9 Å². The molecule has 0 saturated heterocycles. The molecule has 0 spiro atoms. The number of pyridine rings is 1. The first-order valence-corrected chi connectivity index (χ1v) is 5.77. The minimum atomic E-state index is 0.593. The van der Waals surface area contributed by atoms with E-state index in [1.54, 1.807) is 0 Å². The van der Waals surface area contributed by atoms with Crippen molar-refractivity contribution in [2.75, 3.05) is 19.0 Å². The summed E-state index contributed by atoms with van der Waals surface area (Å²) in [6.07, 6.45) is 0. The molecule has 1 aromatic heterocycles. The summed E-state index contributed by atoms with van der Waals surface area (Å²) in [7, 11) is 3.78. The Kier molecular flexibility index (Phi) is 3.29. The number of hydrogen-bond donors (Lipinski definition) is 0. The maximum Gasteiger partial charge on any atom is 0.146 e. The van der Waals surface area contributed by atoms with Crippen LogP contribution < -0.4 is 4.90 Å². The molecule has 1 aromatic carbocycles. The van der Waals surface area contributed by atoms with Crippen molar-refractivity contribution in [3.8, 4) is 17.3 Å². The lowest BCUT2D eigenvalue weighted by atomic mass is 10.1. The summed E-state index contributed by atoms with van der Waals surface area (Å²) < 4.78 is 0. The number of nitriles is 1. The van der Waals surface area contributed by atoms with Crippen LogP contribution in [-0.4, -0.2) is 19.1 Å². The van der Waals surface area contributed by atoms with Crippen LogP contribution in [0.15, 0.2) is 36.4 Å². The number of rotatable bonds is 2. The standard InChI is InChI=1S/C15H15N3/c1-11-4-6-12(7-5-11)14-9-8-13(10-16)15(17-14)18(2)3/h4-9H,1-3H3. The fourth-order valence-electron chi connectivity index (χ4n) is 1.76. The van der Waals surface area contributed by atoms with Crippen LogP contribution in [0.1, 0.15) is 11.1 Å². The molecule has 2 rings (SSSR count). The number of benzene rings is 1. The van der Waals surface area contributed by atoms with Crippen molar-refractivity contribution >= 4 is 5.82 Å². The highest BCUT2D eigenvalue weighted by Crippen LogP contribution is 2.23. The zero-order valence-corrected chi connectivity index (χ0v) is 10.8. The molecule has 0 N–H and O–H groups in total. The maximum atomic E-state index is 9.05. The predicted molar refractivity (Wildman–Crippen MR) is 73.5 cm³/mol. The van der Waals surface area contributed by atoms with E-state index in [0.29, 0.717) is 11.4 Å². The lowest BCUT2D eigenvalue weighted by Gasteiger charge is -2.14. The third-order valence-electron chi connectivity index (χ3n) is 2.77. The summed E-state index contributed by atoms with van der Waals surface area (Å²) in [4.78, 5) is 6.40. The van der Waals surface area contributed by atoms with Crippen LogP contribution in [0.4, 0.5) is 5.82 Å². The molecule has 0 aliphatic rings. The van der Waals surface area contributed by atoms with E-state index < -0.39 is 0 Å². The minimum Gasteiger partial charge on any atom is -0.362 e. The van der Waals surface area contributed by atoms with Gasteiger partial charge < -0.3 is 4.90 Å². The Morgan fingerprint density at radius 1 is 1.06 bits per heavy atom. The zero-order chi connectivity index (χ0) is 13.1. The zero-order valence-electron chi connectivity index (χ0n) is 10.8. The van der Waals surface area contributed by atoms with Gasteiger partial charge in [-0.05, 0) is 19.1 Å². The molecule has 0 saturated carbocycles. The number of aryl methyl sites for hydroxylation is 1. The van der Waals surface area contributed by atoms with E-state index in [-0.39, 0.29) is 0 Å². The normalized spacial score (nSPS) is 9.89. The summed E-state index contributed by atoms with van der Waals surface area (Å²) in [5.74, 6) is 0.704. The Morgan fingerprint density at radius 2 is 1.72 bits per heavy atom. The second kappa shape index (κ2) is 4.89. The SMILES string of the molecule is Cc1ccc(-c2ccc(C#N)c(N(C)C)n2)cc1. The average molecular weight is 237 g/mol. The molecule has 0 atom stereocenters. The van der Waals surface area contributed by atoms with E-state index in [2.05, 4.69) is 30.1 Å². The molecular formula is C15H15N3. The molecule has 0 unspecified atom stereocenters. The molecular weight excluding hydrogens is 222 g/mol. The molecule has 0 fully saturated rings. The summed E-state index contributed by atoms with van der Waals surface area (Å²) in [5.41, 5.74) is 3.77. The molecule has 0 amide bonds. The van der Waals surface area contributed by atoms with Crippen LogP contribution in [-0.2, 0) is 0 Å². The molecule has 18 heavy (non-hydrogen) atoms. The molecule has 1 heterocycles. The van der Waals surface area contributed by atoms with Crippen molar-refractivity contribution < 1.29 is 0 Å². The first-order valence-electron chi connectivity index (χ1n) is 5.77. The van der Waals surface area contributed by atoms with Gasteiger partial charge >= 0.3 is 0 Å². The fraction of sp³-hybridized carbons (Fsp3) is 0.200. The summed E-state index contributed by atoms with van der Waals surface area (Å²) >= 11 is 0. The third kappa shape index (κ3) is 2.33. The molecule has 0 bridgehead atoms. The summed E-state index contributed by atoms with van der Waals surface area (Å²) in [6, 6.07) is 14.1. The van der Waals surface area contributed by atoms with Crippen molar-refractivity contribution in [3.05, 3.63) is 47.5 Å². The average Bonchev–Trinajstić information content (AvgIpc) is 2.39. The largest absolute Gasteiger partial charge is 0.362 e. The highest BCUT2D eigenvalue weighted by atomic mass is 15.1. The second-order valence-electron chi connectivity index (χ2n) is 4.44. The molecule has 90 valence electrons. The van der Waals surface area contributed by atoms with Gasteiger partial charge in [0, 0.05) is 19.7 Å². The van der Waals surface area contributed by atoms with Gasteiger partial charge in [0.1, 0.15) is 11.9 Å². The van der Waals surface area contributed by atoms with E-state index in [1.165, 1.54) is 5.56 Å². The first kappa shape index (κ1) is 12.1. The van der Waals surface area contributed by atoms with Gasteiger partial charge in [0.15, 0.2) is 0 Å². The fourth-order valence-corrected chi connectivity index (χ4v) is 1.76. The van der Waals surface area contributed by atoms with Gasteiger partial charge in [-0.3, -0.25) is 0 Å². The molecule has 3 heteroatoms. The van der Waals surface area contributed by atoms with Gasteiger partial charge in [-0.25, -0.2) is 4.98 Å². The quantitative estimate of drug-likeness (QED) is 0.806.